The first-order valence-electron chi connectivity index (χ1n) is 7.51. The zero-order valence-electron chi connectivity index (χ0n) is 13.8. The molecule has 120 valence electrons. The summed E-state index contributed by atoms with van der Waals surface area (Å²) in [4.78, 5) is 9.65. The third kappa shape index (κ3) is 4.08. The lowest BCUT2D eigenvalue weighted by Gasteiger charge is -2.23. The predicted molar refractivity (Wildman–Crippen MR) is 87.0 cm³/mol. The molecule has 0 aliphatic carbocycles. The molecule has 1 aromatic heterocycles. The molecule has 0 saturated heterocycles. The molecule has 0 radical (unpaired) electrons. The standard InChI is InChI=1S/C17H25N3O2/c1-12-7-13(2)17(22-4)15(8-12)10-20(5-6-21)11-16-9-18-14(3)19-16/h7-9,21H,5-6,10-11H2,1-4H3,(H,18,19). The van der Waals surface area contributed by atoms with Gasteiger partial charge in [0.2, 0.25) is 0 Å². The Hall–Kier alpha value is -1.85. The van der Waals surface area contributed by atoms with Gasteiger partial charge in [-0.1, -0.05) is 17.7 Å². The van der Waals surface area contributed by atoms with Crippen molar-refractivity contribution in [3.8, 4) is 5.75 Å². The Bertz CT molecular complexity index is 622. The van der Waals surface area contributed by atoms with Gasteiger partial charge in [0.1, 0.15) is 11.6 Å². The molecule has 0 bridgehead atoms. The summed E-state index contributed by atoms with van der Waals surface area (Å²) >= 11 is 0. The third-order valence-electron chi connectivity index (χ3n) is 3.66. The first kappa shape index (κ1) is 16.5. The van der Waals surface area contributed by atoms with Crippen molar-refractivity contribution in [3.05, 3.63) is 46.5 Å². The summed E-state index contributed by atoms with van der Waals surface area (Å²) in [5, 5.41) is 9.33. The van der Waals surface area contributed by atoms with Crippen LogP contribution in [0.1, 0.15) is 28.2 Å². The maximum atomic E-state index is 9.33. The number of nitrogens with zero attached hydrogens (tertiary/aromatic N) is 2. The highest BCUT2D eigenvalue weighted by molar-refractivity contribution is 5.43. The molecular weight excluding hydrogens is 278 g/mol. The molecule has 2 N–H and O–H groups in total. The van der Waals surface area contributed by atoms with E-state index in [2.05, 4.69) is 40.8 Å². The van der Waals surface area contributed by atoms with E-state index in [-0.39, 0.29) is 6.61 Å². The summed E-state index contributed by atoms with van der Waals surface area (Å²) in [5.74, 6) is 1.83. The first-order chi connectivity index (χ1) is 10.5. The van der Waals surface area contributed by atoms with Crippen LogP contribution in [0.2, 0.25) is 0 Å². The Morgan fingerprint density at radius 1 is 1.23 bits per heavy atom. The Kier molecular flexibility index (Phi) is 5.57. The number of rotatable bonds is 7. The average Bonchev–Trinajstić information content (AvgIpc) is 2.84. The number of nitrogens with one attached hydrogen (secondary N) is 1. The average molecular weight is 303 g/mol. The van der Waals surface area contributed by atoms with E-state index in [1.807, 2.05) is 13.1 Å². The van der Waals surface area contributed by atoms with E-state index in [1.54, 1.807) is 7.11 Å². The van der Waals surface area contributed by atoms with Gasteiger partial charge in [0.05, 0.1) is 13.7 Å². The van der Waals surface area contributed by atoms with E-state index in [9.17, 15) is 5.11 Å². The predicted octanol–water partition coefficient (Wildman–Crippen LogP) is 2.34. The fourth-order valence-electron chi connectivity index (χ4n) is 2.84. The number of ether oxygens (including phenoxy) is 1. The monoisotopic (exact) mass is 303 g/mol. The van der Waals surface area contributed by atoms with Crippen molar-refractivity contribution in [2.45, 2.75) is 33.9 Å². The number of aliphatic hydroxyl groups excluding tert-OH is 1. The fourth-order valence-corrected chi connectivity index (χ4v) is 2.84. The van der Waals surface area contributed by atoms with Crippen LogP contribution in [0.25, 0.3) is 0 Å². The molecule has 2 rings (SSSR count). The molecule has 0 saturated carbocycles. The number of aliphatic hydroxyl groups is 1. The number of methoxy groups -OCH3 is 1. The van der Waals surface area contributed by atoms with Gasteiger partial charge in [-0.3, -0.25) is 4.90 Å². The molecule has 5 heteroatoms. The lowest BCUT2D eigenvalue weighted by Crippen LogP contribution is -2.26. The quantitative estimate of drug-likeness (QED) is 0.824. The van der Waals surface area contributed by atoms with Crippen LogP contribution in [0.4, 0.5) is 0 Å². The van der Waals surface area contributed by atoms with E-state index in [4.69, 9.17) is 4.74 Å². The number of hydrogen-bond acceptors (Lipinski definition) is 4. The van der Waals surface area contributed by atoms with Gasteiger partial charge in [-0.2, -0.15) is 0 Å². The summed E-state index contributed by atoms with van der Waals surface area (Å²) in [6.45, 7) is 8.26. The molecule has 0 atom stereocenters. The van der Waals surface area contributed by atoms with Crippen LogP contribution in [0, 0.1) is 20.8 Å². The van der Waals surface area contributed by atoms with Crippen LogP contribution in [-0.4, -0.2) is 40.2 Å². The molecule has 0 unspecified atom stereocenters. The zero-order chi connectivity index (χ0) is 16.1. The van der Waals surface area contributed by atoms with E-state index >= 15 is 0 Å². The third-order valence-corrected chi connectivity index (χ3v) is 3.66. The van der Waals surface area contributed by atoms with Gasteiger partial charge in [-0.05, 0) is 26.3 Å². The summed E-state index contributed by atoms with van der Waals surface area (Å²) in [6.07, 6.45) is 1.85. The second kappa shape index (κ2) is 7.42. The Balaban J connectivity index is 2.20. The molecule has 0 aliphatic rings. The smallest absolute Gasteiger partial charge is 0.126 e. The summed E-state index contributed by atoms with van der Waals surface area (Å²) in [7, 11) is 1.70. The second-order valence-corrected chi connectivity index (χ2v) is 5.70. The molecule has 1 aromatic carbocycles. The number of H-pyrrole nitrogens is 1. The van der Waals surface area contributed by atoms with Crippen LogP contribution in [0.15, 0.2) is 18.3 Å². The van der Waals surface area contributed by atoms with Crippen molar-refractivity contribution in [2.24, 2.45) is 0 Å². The van der Waals surface area contributed by atoms with Gasteiger partial charge in [0.25, 0.3) is 0 Å². The van der Waals surface area contributed by atoms with Crippen molar-refractivity contribution in [3.63, 3.8) is 0 Å². The van der Waals surface area contributed by atoms with Crippen LogP contribution >= 0.6 is 0 Å². The van der Waals surface area contributed by atoms with Gasteiger partial charge in [0.15, 0.2) is 0 Å². The number of hydrogen-bond donors (Lipinski definition) is 2. The highest BCUT2D eigenvalue weighted by Crippen LogP contribution is 2.26. The van der Waals surface area contributed by atoms with Gasteiger partial charge in [-0.15, -0.1) is 0 Å². The highest BCUT2D eigenvalue weighted by Gasteiger charge is 2.13. The van der Waals surface area contributed by atoms with Crippen molar-refractivity contribution < 1.29 is 9.84 Å². The van der Waals surface area contributed by atoms with Crippen LogP contribution < -0.4 is 4.74 Å². The lowest BCUT2D eigenvalue weighted by atomic mass is 10.0. The van der Waals surface area contributed by atoms with E-state index in [1.165, 1.54) is 5.56 Å². The second-order valence-electron chi connectivity index (χ2n) is 5.70. The molecular formula is C17H25N3O2. The van der Waals surface area contributed by atoms with Gasteiger partial charge < -0.3 is 14.8 Å². The highest BCUT2D eigenvalue weighted by atomic mass is 16.5. The molecule has 5 nitrogen and oxygen atoms in total. The van der Waals surface area contributed by atoms with E-state index in [0.717, 1.165) is 41.5 Å². The summed E-state index contributed by atoms with van der Waals surface area (Å²) in [5.41, 5.74) is 4.55. The number of aromatic nitrogens is 2. The SMILES string of the molecule is COc1c(C)cc(C)cc1CN(CCO)Cc1cnc(C)[nH]1. The minimum Gasteiger partial charge on any atom is -0.496 e. The summed E-state index contributed by atoms with van der Waals surface area (Å²) in [6, 6.07) is 4.27. The fraction of sp³-hybridized carbons (Fsp3) is 0.471. The van der Waals surface area contributed by atoms with E-state index < -0.39 is 0 Å². The number of imidazole rings is 1. The zero-order valence-corrected chi connectivity index (χ0v) is 13.8. The van der Waals surface area contributed by atoms with Crippen LogP contribution in [0.5, 0.6) is 5.75 Å². The van der Waals surface area contributed by atoms with Crippen molar-refractivity contribution in [1.29, 1.82) is 0 Å². The largest absolute Gasteiger partial charge is 0.496 e. The molecule has 0 spiro atoms. The van der Waals surface area contributed by atoms with Gasteiger partial charge in [0, 0.05) is 37.1 Å². The van der Waals surface area contributed by atoms with Crippen molar-refractivity contribution >= 4 is 0 Å². The number of aryl methyl sites for hydroxylation is 3. The first-order valence-corrected chi connectivity index (χ1v) is 7.51. The van der Waals surface area contributed by atoms with Crippen LogP contribution in [0.3, 0.4) is 0 Å². The van der Waals surface area contributed by atoms with E-state index in [0.29, 0.717) is 6.54 Å². The normalized spacial score (nSPS) is 11.2. The molecule has 0 fully saturated rings. The minimum absolute atomic E-state index is 0.125. The van der Waals surface area contributed by atoms with Gasteiger partial charge >= 0.3 is 0 Å². The number of benzene rings is 1. The Morgan fingerprint density at radius 3 is 2.59 bits per heavy atom. The Morgan fingerprint density at radius 2 is 2.00 bits per heavy atom. The number of aromatic amines is 1. The maximum Gasteiger partial charge on any atom is 0.126 e. The Labute approximate surface area is 132 Å². The van der Waals surface area contributed by atoms with Crippen LogP contribution in [-0.2, 0) is 13.1 Å². The lowest BCUT2D eigenvalue weighted by molar-refractivity contribution is 0.181. The van der Waals surface area contributed by atoms with Gasteiger partial charge in [-0.25, -0.2) is 4.98 Å². The molecule has 2 aromatic rings. The van der Waals surface area contributed by atoms with Crippen molar-refractivity contribution in [2.75, 3.05) is 20.3 Å². The molecule has 1 heterocycles. The molecule has 0 aliphatic heterocycles. The van der Waals surface area contributed by atoms with Crippen molar-refractivity contribution in [1.82, 2.24) is 14.9 Å². The topological polar surface area (TPSA) is 61.4 Å². The minimum atomic E-state index is 0.125. The maximum absolute atomic E-state index is 9.33. The molecule has 22 heavy (non-hydrogen) atoms. The molecule has 0 amide bonds. The summed E-state index contributed by atoms with van der Waals surface area (Å²) < 4.78 is 5.56.